The third-order valence-corrected chi connectivity index (χ3v) is 6.43. The number of piperidine rings is 1. The van der Waals surface area contributed by atoms with Gasteiger partial charge in [0.05, 0.1) is 0 Å². The zero-order valence-electron chi connectivity index (χ0n) is 19.7. The molecule has 1 aliphatic rings. The van der Waals surface area contributed by atoms with Crippen LogP contribution in [-0.2, 0) is 13.5 Å². The average Bonchev–Trinajstić information content (AvgIpc) is 3.13. The standard InChI is InChI=1S/C23H27BrN4O/c1-26(2)23(29)18-6-4-16(5-7-18)17-9-12-28(13-10-17)15-19-14-20-21(24)8-11-25-22(20)27(19)3/h4-8,11,14,17H,9-10,12-13,15H2,1-3H3/i3D3. The normalized spacial score (nSPS) is 17.7. The predicted molar refractivity (Wildman–Crippen MR) is 120 cm³/mol. The molecule has 0 saturated carbocycles. The number of halogens is 1. The highest BCUT2D eigenvalue weighted by atomic mass is 79.9. The molecule has 29 heavy (non-hydrogen) atoms. The second-order valence-electron chi connectivity index (χ2n) is 7.87. The van der Waals surface area contributed by atoms with Crippen LogP contribution in [0.3, 0.4) is 0 Å². The average molecular weight is 458 g/mol. The van der Waals surface area contributed by atoms with Crippen LogP contribution < -0.4 is 0 Å². The Labute approximate surface area is 184 Å². The molecule has 0 unspecified atom stereocenters. The van der Waals surface area contributed by atoms with Gasteiger partial charge in [-0.1, -0.05) is 12.1 Å². The summed E-state index contributed by atoms with van der Waals surface area (Å²) in [7, 11) is 3.51. The summed E-state index contributed by atoms with van der Waals surface area (Å²) in [6.07, 6.45) is 3.62. The van der Waals surface area contributed by atoms with Crippen molar-refractivity contribution in [3.63, 3.8) is 0 Å². The minimum absolute atomic E-state index is 0.0112. The number of amides is 1. The van der Waals surface area contributed by atoms with Gasteiger partial charge in [0.15, 0.2) is 0 Å². The monoisotopic (exact) mass is 457 g/mol. The number of pyridine rings is 1. The molecule has 2 aromatic heterocycles. The van der Waals surface area contributed by atoms with Gasteiger partial charge in [-0.3, -0.25) is 9.69 Å². The molecule has 0 bridgehead atoms. The van der Waals surface area contributed by atoms with Crippen molar-refractivity contribution in [3.05, 3.63) is 63.9 Å². The van der Waals surface area contributed by atoms with Crippen LogP contribution in [0.2, 0.25) is 0 Å². The van der Waals surface area contributed by atoms with E-state index in [1.54, 1.807) is 25.2 Å². The Balaban J connectivity index is 1.46. The van der Waals surface area contributed by atoms with Crippen molar-refractivity contribution >= 4 is 32.9 Å². The van der Waals surface area contributed by atoms with E-state index in [-0.39, 0.29) is 5.91 Å². The van der Waals surface area contributed by atoms with E-state index in [1.807, 2.05) is 24.3 Å². The summed E-state index contributed by atoms with van der Waals surface area (Å²) in [6, 6.07) is 11.7. The first kappa shape index (κ1) is 16.6. The molecule has 1 aromatic carbocycles. The Kier molecular flexibility index (Phi) is 4.74. The number of carbonyl (C=O) groups excluding carboxylic acids is 1. The molecule has 1 aliphatic heterocycles. The molecule has 152 valence electrons. The van der Waals surface area contributed by atoms with Crippen LogP contribution in [-0.4, -0.2) is 52.4 Å². The Bertz CT molecular complexity index is 1120. The van der Waals surface area contributed by atoms with Crippen molar-refractivity contribution in [2.75, 3.05) is 27.2 Å². The molecule has 4 rings (SSSR count). The maximum atomic E-state index is 12.1. The van der Waals surface area contributed by atoms with Gasteiger partial charge in [-0.25, -0.2) is 4.98 Å². The lowest BCUT2D eigenvalue weighted by Crippen LogP contribution is -2.33. The molecule has 1 fully saturated rings. The van der Waals surface area contributed by atoms with E-state index >= 15 is 0 Å². The van der Waals surface area contributed by atoms with E-state index in [9.17, 15) is 4.79 Å². The first-order chi connectivity index (χ1) is 15.1. The fourth-order valence-corrected chi connectivity index (χ4v) is 4.45. The number of hydrogen-bond acceptors (Lipinski definition) is 3. The number of aromatic nitrogens is 2. The van der Waals surface area contributed by atoms with Crippen molar-refractivity contribution in [1.29, 1.82) is 0 Å². The summed E-state index contributed by atoms with van der Waals surface area (Å²) in [5.74, 6) is 0.455. The molecule has 0 atom stereocenters. The summed E-state index contributed by atoms with van der Waals surface area (Å²) in [5, 5.41) is 0.820. The summed E-state index contributed by atoms with van der Waals surface area (Å²) < 4.78 is 26.3. The van der Waals surface area contributed by atoms with Crippen molar-refractivity contribution in [3.8, 4) is 0 Å². The molecule has 0 spiro atoms. The summed E-state index contributed by atoms with van der Waals surface area (Å²) >= 11 is 3.52. The fourth-order valence-electron chi connectivity index (χ4n) is 4.04. The lowest BCUT2D eigenvalue weighted by Gasteiger charge is -2.32. The minimum Gasteiger partial charge on any atom is -0.345 e. The number of aryl methyl sites for hydroxylation is 1. The summed E-state index contributed by atoms with van der Waals surface area (Å²) in [6.45, 7) is 0.0689. The molecule has 3 aromatic rings. The number of fused-ring (bicyclic) bond motifs is 1. The molecule has 1 saturated heterocycles. The van der Waals surface area contributed by atoms with Crippen LogP contribution in [0.15, 0.2) is 47.1 Å². The minimum atomic E-state index is -2.28. The number of hydrogen-bond donors (Lipinski definition) is 0. The predicted octanol–water partition coefficient (Wildman–Crippen LogP) is 4.42. The van der Waals surface area contributed by atoms with Crippen molar-refractivity contribution in [2.45, 2.75) is 25.3 Å². The smallest absolute Gasteiger partial charge is 0.253 e. The van der Waals surface area contributed by atoms with E-state index in [1.165, 1.54) is 10.1 Å². The second kappa shape index (κ2) is 8.28. The van der Waals surface area contributed by atoms with E-state index in [0.717, 1.165) is 41.5 Å². The van der Waals surface area contributed by atoms with Crippen LogP contribution >= 0.6 is 15.9 Å². The topological polar surface area (TPSA) is 41.4 Å². The first-order valence-corrected chi connectivity index (χ1v) is 10.6. The lowest BCUT2D eigenvalue weighted by atomic mass is 9.89. The number of nitrogens with zero attached hydrogens (tertiary/aromatic N) is 4. The Morgan fingerprint density at radius 3 is 2.62 bits per heavy atom. The molecule has 3 heterocycles. The highest BCUT2D eigenvalue weighted by Crippen LogP contribution is 2.30. The van der Waals surface area contributed by atoms with Gasteiger partial charge in [-0.15, -0.1) is 0 Å². The molecule has 6 heteroatoms. The number of carbonyl (C=O) groups is 1. The van der Waals surface area contributed by atoms with Crippen molar-refractivity contribution in [1.82, 2.24) is 19.4 Å². The van der Waals surface area contributed by atoms with Crippen LogP contribution in [0.25, 0.3) is 11.0 Å². The van der Waals surface area contributed by atoms with E-state index in [0.29, 0.717) is 23.7 Å². The largest absolute Gasteiger partial charge is 0.345 e. The van der Waals surface area contributed by atoms with Crippen LogP contribution in [0.1, 0.15) is 44.5 Å². The Morgan fingerprint density at radius 2 is 1.97 bits per heavy atom. The third-order valence-electron chi connectivity index (χ3n) is 5.73. The van der Waals surface area contributed by atoms with Crippen molar-refractivity contribution < 1.29 is 8.91 Å². The Morgan fingerprint density at radius 1 is 1.24 bits per heavy atom. The SMILES string of the molecule is [2H]C([2H])([2H])n1c(CN2CCC(c3ccc(C(=O)N(C)C)cc3)CC2)cc2c(Br)ccnc21. The van der Waals surface area contributed by atoms with E-state index in [4.69, 9.17) is 4.11 Å². The molecular weight excluding hydrogens is 428 g/mol. The third kappa shape index (κ3) is 4.09. The van der Waals surface area contributed by atoms with Gasteiger partial charge in [0.25, 0.3) is 5.91 Å². The number of likely N-dealkylation sites (tertiary alicyclic amines) is 1. The van der Waals surface area contributed by atoms with E-state index in [2.05, 4.69) is 37.9 Å². The van der Waals surface area contributed by atoms with E-state index < -0.39 is 6.98 Å². The lowest BCUT2D eigenvalue weighted by molar-refractivity contribution is 0.0827. The maximum absolute atomic E-state index is 12.1. The Hall–Kier alpha value is -2.18. The number of rotatable bonds is 4. The number of benzene rings is 1. The highest BCUT2D eigenvalue weighted by Gasteiger charge is 2.22. The molecule has 1 amide bonds. The molecule has 0 N–H and O–H groups in total. The van der Waals surface area contributed by atoms with Gasteiger partial charge >= 0.3 is 0 Å². The molecule has 0 radical (unpaired) electrons. The quantitative estimate of drug-likeness (QED) is 0.582. The molecular formula is C23H27BrN4O. The molecule has 5 nitrogen and oxygen atoms in total. The highest BCUT2D eigenvalue weighted by molar-refractivity contribution is 9.10. The molecule has 0 aliphatic carbocycles. The van der Waals surface area contributed by atoms with Crippen LogP contribution in [0.5, 0.6) is 0 Å². The van der Waals surface area contributed by atoms with Crippen molar-refractivity contribution in [2.24, 2.45) is 6.98 Å². The van der Waals surface area contributed by atoms with Crippen LogP contribution in [0.4, 0.5) is 0 Å². The van der Waals surface area contributed by atoms with Gasteiger partial charge in [0, 0.05) is 59.0 Å². The van der Waals surface area contributed by atoms with Gasteiger partial charge < -0.3 is 9.47 Å². The maximum Gasteiger partial charge on any atom is 0.253 e. The second-order valence-corrected chi connectivity index (χ2v) is 8.73. The van der Waals surface area contributed by atoms with Gasteiger partial charge in [-0.2, -0.15) is 0 Å². The van der Waals surface area contributed by atoms with Gasteiger partial charge in [0.2, 0.25) is 0 Å². The zero-order chi connectivity index (χ0) is 23.0. The zero-order valence-corrected chi connectivity index (χ0v) is 18.3. The first-order valence-electron chi connectivity index (χ1n) is 11.3. The van der Waals surface area contributed by atoms with Gasteiger partial charge in [0.1, 0.15) is 5.65 Å². The van der Waals surface area contributed by atoms with Gasteiger partial charge in [-0.05, 0) is 77.6 Å². The van der Waals surface area contributed by atoms with Crippen LogP contribution in [0, 0.1) is 0 Å². The summed E-state index contributed by atoms with van der Waals surface area (Å²) in [5.41, 5.74) is 3.19. The summed E-state index contributed by atoms with van der Waals surface area (Å²) in [4.78, 5) is 20.3. The fraction of sp³-hybridized carbons (Fsp3) is 0.391.